The van der Waals surface area contributed by atoms with Crippen molar-refractivity contribution >= 4 is 11.8 Å². The third kappa shape index (κ3) is 5.99. The van der Waals surface area contributed by atoms with Crippen LogP contribution in [0.25, 0.3) is 22.3 Å². The summed E-state index contributed by atoms with van der Waals surface area (Å²) in [6.45, 7) is 5.71. The fourth-order valence-corrected chi connectivity index (χ4v) is 3.99. The van der Waals surface area contributed by atoms with Gasteiger partial charge in [-0.15, -0.1) is 0 Å². The first-order valence-corrected chi connectivity index (χ1v) is 11.5. The van der Waals surface area contributed by atoms with E-state index in [2.05, 4.69) is 63.7 Å². The number of pyridine rings is 1. The van der Waals surface area contributed by atoms with Crippen molar-refractivity contribution in [2.45, 2.75) is 6.54 Å². The van der Waals surface area contributed by atoms with Crippen LogP contribution < -0.4 is 5.32 Å². The Morgan fingerprint density at radius 1 is 1.00 bits per heavy atom. The molecule has 0 amide bonds. The molecule has 0 radical (unpaired) electrons. The molecule has 1 fully saturated rings. The van der Waals surface area contributed by atoms with Gasteiger partial charge in [-0.2, -0.15) is 0 Å². The molecule has 4 rings (SSSR count). The van der Waals surface area contributed by atoms with E-state index in [1.54, 1.807) is 7.11 Å². The van der Waals surface area contributed by atoms with Crippen LogP contribution in [0.15, 0.2) is 60.8 Å². The van der Waals surface area contributed by atoms with Crippen molar-refractivity contribution in [1.29, 1.82) is 0 Å². The fourth-order valence-electron chi connectivity index (χ4n) is 3.99. The molecule has 1 aromatic heterocycles. The standard InChI is InChI=1S/C27H31N3O4/c1-32-14-11-28-26-25(17-24(18-29-26)27(31)33-2)23-9-7-22(8-10-23)21-5-3-20(4-6-21)19-30-12-15-34-16-13-30/h3-10,17-18H,11-16,19H2,1-2H3,(H,28,29). The number of anilines is 1. The van der Waals surface area contributed by atoms with E-state index in [0.29, 0.717) is 24.5 Å². The van der Waals surface area contributed by atoms with E-state index >= 15 is 0 Å². The first-order chi connectivity index (χ1) is 16.7. The number of rotatable bonds is 9. The molecule has 0 aliphatic carbocycles. The highest BCUT2D eigenvalue weighted by molar-refractivity contribution is 5.92. The van der Waals surface area contributed by atoms with Gasteiger partial charge in [-0.05, 0) is 28.3 Å². The molecular formula is C27H31N3O4. The molecule has 1 saturated heterocycles. The van der Waals surface area contributed by atoms with Crippen molar-refractivity contribution in [2.75, 3.05) is 59.0 Å². The minimum atomic E-state index is -0.411. The SMILES string of the molecule is COCCNc1ncc(C(=O)OC)cc1-c1ccc(-c2ccc(CN3CCOCC3)cc2)cc1. The molecule has 7 nitrogen and oxygen atoms in total. The van der Waals surface area contributed by atoms with E-state index in [1.807, 2.05) is 6.07 Å². The number of esters is 1. The predicted octanol–water partition coefficient (Wildman–Crippen LogP) is 4.09. The predicted molar refractivity (Wildman–Crippen MR) is 133 cm³/mol. The minimum absolute atomic E-state index is 0.411. The smallest absolute Gasteiger partial charge is 0.339 e. The lowest BCUT2D eigenvalue weighted by molar-refractivity contribution is 0.0342. The van der Waals surface area contributed by atoms with Gasteiger partial charge in [0.15, 0.2) is 0 Å². The molecular weight excluding hydrogens is 430 g/mol. The molecule has 3 aromatic rings. The Hall–Kier alpha value is -3.26. The largest absolute Gasteiger partial charge is 0.465 e. The molecule has 7 heteroatoms. The van der Waals surface area contributed by atoms with Crippen LogP contribution >= 0.6 is 0 Å². The van der Waals surface area contributed by atoms with Crippen LogP contribution in [-0.4, -0.2) is 69.5 Å². The minimum Gasteiger partial charge on any atom is -0.465 e. The maximum atomic E-state index is 12.0. The number of carbonyl (C=O) groups is 1. The van der Waals surface area contributed by atoms with Gasteiger partial charge in [0.2, 0.25) is 0 Å². The summed E-state index contributed by atoms with van der Waals surface area (Å²) in [5, 5.41) is 3.28. The molecule has 0 spiro atoms. The Morgan fingerprint density at radius 2 is 1.65 bits per heavy atom. The lowest BCUT2D eigenvalue weighted by Gasteiger charge is -2.26. The Labute approximate surface area is 200 Å². The number of morpholine rings is 1. The van der Waals surface area contributed by atoms with Gasteiger partial charge in [-0.3, -0.25) is 4.90 Å². The fraction of sp³-hybridized carbons (Fsp3) is 0.333. The maximum Gasteiger partial charge on any atom is 0.339 e. The van der Waals surface area contributed by atoms with E-state index < -0.39 is 5.97 Å². The molecule has 0 atom stereocenters. The van der Waals surface area contributed by atoms with Gasteiger partial charge in [-0.1, -0.05) is 48.5 Å². The summed E-state index contributed by atoms with van der Waals surface area (Å²) in [5.41, 5.74) is 5.82. The third-order valence-electron chi connectivity index (χ3n) is 5.90. The molecule has 0 saturated carbocycles. The topological polar surface area (TPSA) is 72.9 Å². The molecule has 1 aliphatic rings. The second kappa shape index (κ2) is 11.7. The quantitative estimate of drug-likeness (QED) is 0.380. The zero-order valence-corrected chi connectivity index (χ0v) is 19.8. The Bertz CT molecular complexity index is 1080. The van der Waals surface area contributed by atoms with Gasteiger partial charge < -0.3 is 19.5 Å². The van der Waals surface area contributed by atoms with E-state index in [-0.39, 0.29) is 0 Å². The Morgan fingerprint density at radius 3 is 2.29 bits per heavy atom. The van der Waals surface area contributed by atoms with Gasteiger partial charge in [0.05, 0.1) is 32.5 Å². The average Bonchev–Trinajstić information content (AvgIpc) is 2.90. The summed E-state index contributed by atoms with van der Waals surface area (Å²) in [6, 6.07) is 18.8. The highest BCUT2D eigenvalue weighted by Gasteiger charge is 2.14. The van der Waals surface area contributed by atoms with Gasteiger partial charge in [0.25, 0.3) is 0 Å². The molecule has 1 aliphatic heterocycles. The molecule has 1 N–H and O–H groups in total. The second-order valence-electron chi connectivity index (χ2n) is 8.19. The summed E-state index contributed by atoms with van der Waals surface area (Å²) >= 11 is 0. The number of methoxy groups -OCH3 is 2. The lowest BCUT2D eigenvalue weighted by Crippen LogP contribution is -2.35. The maximum absolute atomic E-state index is 12.0. The normalized spacial score (nSPS) is 14.1. The Balaban J connectivity index is 1.52. The van der Waals surface area contributed by atoms with Gasteiger partial charge in [0, 0.05) is 45.0 Å². The van der Waals surface area contributed by atoms with Gasteiger partial charge >= 0.3 is 5.97 Å². The molecule has 178 valence electrons. The summed E-state index contributed by atoms with van der Waals surface area (Å²) in [5.74, 6) is 0.288. The van der Waals surface area contributed by atoms with Crippen molar-refractivity contribution in [3.8, 4) is 22.3 Å². The van der Waals surface area contributed by atoms with Crippen LogP contribution in [0.5, 0.6) is 0 Å². The third-order valence-corrected chi connectivity index (χ3v) is 5.90. The van der Waals surface area contributed by atoms with Crippen LogP contribution in [0.4, 0.5) is 5.82 Å². The molecule has 2 heterocycles. The molecule has 34 heavy (non-hydrogen) atoms. The van der Waals surface area contributed by atoms with Crippen LogP contribution in [0.3, 0.4) is 0 Å². The van der Waals surface area contributed by atoms with Crippen molar-refractivity contribution in [3.63, 3.8) is 0 Å². The molecule has 0 bridgehead atoms. The van der Waals surface area contributed by atoms with E-state index in [1.165, 1.54) is 18.9 Å². The van der Waals surface area contributed by atoms with Crippen LogP contribution in [0, 0.1) is 0 Å². The summed E-state index contributed by atoms with van der Waals surface area (Å²) in [6.07, 6.45) is 1.53. The second-order valence-corrected chi connectivity index (χ2v) is 8.19. The van der Waals surface area contributed by atoms with Crippen LogP contribution in [0.2, 0.25) is 0 Å². The number of aromatic nitrogens is 1. The number of nitrogens with zero attached hydrogens (tertiary/aromatic N) is 2. The van der Waals surface area contributed by atoms with Crippen molar-refractivity contribution in [3.05, 3.63) is 71.9 Å². The average molecular weight is 462 g/mol. The van der Waals surface area contributed by atoms with E-state index in [9.17, 15) is 4.79 Å². The Kier molecular flexibility index (Phi) is 8.25. The highest BCUT2D eigenvalue weighted by atomic mass is 16.5. The van der Waals surface area contributed by atoms with Crippen molar-refractivity contribution in [2.24, 2.45) is 0 Å². The molecule has 2 aromatic carbocycles. The number of carbonyl (C=O) groups excluding carboxylic acids is 1. The number of ether oxygens (including phenoxy) is 3. The summed E-state index contributed by atoms with van der Waals surface area (Å²) in [4.78, 5) is 18.9. The number of nitrogens with one attached hydrogen (secondary N) is 1. The van der Waals surface area contributed by atoms with Crippen molar-refractivity contribution in [1.82, 2.24) is 9.88 Å². The van der Waals surface area contributed by atoms with E-state index in [4.69, 9.17) is 14.2 Å². The lowest BCUT2D eigenvalue weighted by atomic mass is 9.99. The van der Waals surface area contributed by atoms with Gasteiger partial charge in [-0.25, -0.2) is 9.78 Å². The zero-order valence-electron chi connectivity index (χ0n) is 19.8. The van der Waals surface area contributed by atoms with Gasteiger partial charge in [0.1, 0.15) is 5.82 Å². The highest BCUT2D eigenvalue weighted by Crippen LogP contribution is 2.30. The number of hydrogen-bond acceptors (Lipinski definition) is 7. The first-order valence-electron chi connectivity index (χ1n) is 11.5. The monoisotopic (exact) mass is 461 g/mol. The zero-order chi connectivity index (χ0) is 23.8. The number of hydrogen-bond donors (Lipinski definition) is 1. The molecule has 0 unspecified atom stereocenters. The summed E-state index contributed by atoms with van der Waals surface area (Å²) in [7, 11) is 3.03. The van der Waals surface area contributed by atoms with Crippen molar-refractivity contribution < 1.29 is 19.0 Å². The summed E-state index contributed by atoms with van der Waals surface area (Å²) < 4.78 is 15.4. The van der Waals surface area contributed by atoms with Crippen LogP contribution in [-0.2, 0) is 20.8 Å². The van der Waals surface area contributed by atoms with E-state index in [0.717, 1.165) is 55.1 Å². The number of benzene rings is 2. The first kappa shape index (κ1) is 23.9. The van der Waals surface area contributed by atoms with Crippen LogP contribution in [0.1, 0.15) is 15.9 Å².